The van der Waals surface area contributed by atoms with Crippen LogP contribution >= 0.6 is 0 Å². The highest BCUT2D eigenvalue weighted by atomic mass is 16.6. The average molecular weight is 385 g/mol. The van der Waals surface area contributed by atoms with E-state index in [-0.39, 0.29) is 29.7 Å². The zero-order valence-electron chi connectivity index (χ0n) is 18.9. The molecular formula is C22H40O5. The highest BCUT2D eigenvalue weighted by Gasteiger charge is 2.46. The van der Waals surface area contributed by atoms with Gasteiger partial charge in [0, 0.05) is 20.1 Å². The number of Topliss-reactive ketones (excluding diaryl/α,β-unsaturated/α-hetero) is 1. The van der Waals surface area contributed by atoms with Crippen molar-refractivity contribution in [3.63, 3.8) is 0 Å². The van der Waals surface area contributed by atoms with Gasteiger partial charge in [0.25, 0.3) is 0 Å². The standard InChI is InChI=1S/C22H40O5/c1-12-13-14(2)17(25-10)15(3)18(23)22(8,9)19(26-11)16(4)20(24)27-21(5,6)7/h12,14-17,19H,1,13H2,2-11H3/t14-,15+,16-,17-,19-/m0/s1. The molecule has 0 rings (SSSR count). The van der Waals surface area contributed by atoms with Crippen LogP contribution in [0.4, 0.5) is 0 Å². The second-order valence-electron chi connectivity index (χ2n) is 9.06. The number of allylic oxidation sites excluding steroid dienone is 1. The Balaban J connectivity index is 5.54. The lowest BCUT2D eigenvalue weighted by Gasteiger charge is -2.39. The van der Waals surface area contributed by atoms with Crippen LogP contribution in [0, 0.1) is 23.2 Å². The fourth-order valence-electron chi connectivity index (χ4n) is 3.84. The summed E-state index contributed by atoms with van der Waals surface area (Å²) in [6, 6.07) is 0. The van der Waals surface area contributed by atoms with Gasteiger partial charge in [0.2, 0.25) is 0 Å². The number of rotatable bonds is 11. The van der Waals surface area contributed by atoms with Crippen LogP contribution in [0.25, 0.3) is 0 Å². The molecule has 0 amide bonds. The van der Waals surface area contributed by atoms with Crippen molar-refractivity contribution in [3.05, 3.63) is 12.7 Å². The third kappa shape index (κ3) is 7.04. The Kier molecular flexibility index (Phi) is 9.91. The summed E-state index contributed by atoms with van der Waals surface area (Å²) in [4.78, 5) is 25.9. The molecule has 0 aromatic heterocycles. The van der Waals surface area contributed by atoms with Gasteiger partial charge >= 0.3 is 5.97 Å². The predicted molar refractivity (Wildman–Crippen MR) is 109 cm³/mol. The maximum absolute atomic E-state index is 13.3. The monoisotopic (exact) mass is 384 g/mol. The molecule has 5 nitrogen and oxygen atoms in total. The van der Waals surface area contributed by atoms with E-state index in [9.17, 15) is 9.59 Å². The zero-order valence-corrected chi connectivity index (χ0v) is 18.9. The van der Waals surface area contributed by atoms with Gasteiger partial charge in [0.1, 0.15) is 11.4 Å². The topological polar surface area (TPSA) is 61.8 Å². The fraction of sp³-hybridized carbons (Fsp3) is 0.818. The molecule has 0 aliphatic rings. The summed E-state index contributed by atoms with van der Waals surface area (Å²) < 4.78 is 16.7. The number of carbonyl (C=O) groups excluding carboxylic acids is 2. The highest BCUT2D eigenvalue weighted by Crippen LogP contribution is 2.36. The number of methoxy groups -OCH3 is 2. The van der Waals surface area contributed by atoms with Crippen LogP contribution in [0.1, 0.15) is 61.8 Å². The van der Waals surface area contributed by atoms with Gasteiger partial charge in [0.05, 0.1) is 23.5 Å². The number of ketones is 1. The Bertz CT molecular complexity index is 503. The molecule has 0 saturated heterocycles. The van der Waals surface area contributed by atoms with Crippen molar-refractivity contribution in [2.45, 2.75) is 79.6 Å². The van der Waals surface area contributed by atoms with Crippen LogP contribution in [0.15, 0.2) is 12.7 Å². The predicted octanol–water partition coefficient (Wildman–Crippen LogP) is 4.44. The smallest absolute Gasteiger partial charge is 0.311 e. The number of hydrogen-bond donors (Lipinski definition) is 0. The van der Waals surface area contributed by atoms with Gasteiger partial charge in [-0.25, -0.2) is 0 Å². The van der Waals surface area contributed by atoms with E-state index in [1.54, 1.807) is 14.0 Å². The molecule has 0 spiro atoms. The van der Waals surface area contributed by atoms with E-state index in [1.165, 1.54) is 7.11 Å². The lowest BCUT2D eigenvalue weighted by Crippen LogP contribution is -2.50. The first-order valence-electron chi connectivity index (χ1n) is 9.68. The number of esters is 1. The van der Waals surface area contributed by atoms with Crippen molar-refractivity contribution in [3.8, 4) is 0 Å². The molecule has 0 bridgehead atoms. The third-order valence-corrected chi connectivity index (χ3v) is 5.11. The van der Waals surface area contributed by atoms with Gasteiger partial charge in [-0.05, 0) is 40.0 Å². The molecule has 0 aliphatic heterocycles. The first-order valence-corrected chi connectivity index (χ1v) is 9.68. The molecule has 0 radical (unpaired) electrons. The summed E-state index contributed by atoms with van der Waals surface area (Å²) in [6.45, 7) is 18.6. The van der Waals surface area contributed by atoms with E-state index in [4.69, 9.17) is 14.2 Å². The van der Waals surface area contributed by atoms with E-state index in [0.29, 0.717) is 0 Å². The molecule has 0 aliphatic carbocycles. The van der Waals surface area contributed by atoms with Gasteiger partial charge in [-0.1, -0.05) is 33.8 Å². The van der Waals surface area contributed by atoms with Crippen LogP contribution in [0.5, 0.6) is 0 Å². The Morgan fingerprint density at radius 3 is 1.85 bits per heavy atom. The molecule has 0 aromatic rings. The van der Waals surface area contributed by atoms with Gasteiger partial charge < -0.3 is 14.2 Å². The molecule has 0 unspecified atom stereocenters. The molecule has 158 valence electrons. The molecule has 0 heterocycles. The zero-order chi connectivity index (χ0) is 21.6. The lowest BCUT2D eigenvalue weighted by molar-refractivity contribution is -0.170. The maximum atomic E-state index is 13.3. The second kappa shape index (κ2) is 10.4. The fourth-order valence-corrected chi connectivity index (χ4v) is 3.84. The summed E-state index contributed by atoms with van der Waals surface area (Å²) in [5.41, 5.74) is -1.47. The van der Waals surface area contributed by atoms with E-state index < -0.39 is 23.0 Å². The Morgan fingerprint density at radius 2 is 1.48 bits per heavy atom. The van der Waals surface area contributed by atoms with E-state index in [1.807, 2.05) is 54.5 Å². The van der Waals surface area contributed by atoms with E-state index >= 15 is 0 Å². The summed E-state index contributed by atoms with van der Waals surface area (Å²) in [5, 5.41) is 0. The Hall–Kier alpha value is -1.20. The quantitative estimate of drug-likeness (QED) is 0.389. The molecule has 27 heavy (non-hydrogen) atoms. The average Bonchev–Trinajstić information content (AvgIpc) is 2.53. The largest absolute Gasteiger partial charge is 0.460 e. The molecule has 0 fully saturated rings. The van der Waals surface area contributed by atoms with E-state index in [2.05, 4.69) is 6.58 Å². The summed E-state index contributed by atoms with van der Waals surface area (Å²) in [7, 11) is 3.15. The van der Waals surface area contributed by atoms with Gasteiger partial charge in [-0.3, -0.25) is 9.59 Å². The number of carbonyl (C=O) groups is 2. The van der Waals surface area contributed by atoms with Crippen LogP contribution in [0.3, 0.4) is 0 Å². The second-order valence-corrected chi connectivity index (χ2v) is 9.06. The summed E-state index contributed by atoms with van der Waals surface area (Å²) >= 11 is 0. The summed E-state index contributed by atoms with van der Waals surface area (Å²) in [6.07, 6.45) is 1.76. The normalized spacial score (nSPS) is 18.1. The maximum Gasteiger partial charge on any atom is 0.311 e. The van der Waals surface area contributed by atoms with Crippen molar-refractivity contribution in [2.24, 2.45) is 23.2 Å². The van der Waals surface area contributed by atoms with Gasteiger partial charge in [-0.2, -0.15) is 0 Å². The van der Waals surface area contributed by atoms with Gasteiger partial charge in [0.15, 0.2) is 0 Å². The van der Waals surface area contributed by atoms with E-state index in [0.717, 1.165) is 6.42 Å². The van der Waals surface area contributed by atoms with Crippen molar-refractivity contribution in [1.82, 2.24) is 0 Å². The lowest BCUT2D eigenvalue weighted by atomic mass is 9.70. The molecular weight excluding hydrogens is 344 g/mol. The number of hydrogen-bond acceptors (Lipinski definition) is 5. The van der Waals surface area contributed by atoms with Crippen molar-refractivity contribution in [1.29, 1.82) is 0 Å². The van der Waals surface area contributed by atoms with Crippen LogP contribution in [0.2, 0.25) is 0 Å². The van der Waals surface area contributed by atoms with Crippen LogP contribution in [-0.2, 0) is 23.8 Å². The van der Waals surface area contributed by atoms with Crippen LogP contribution in [-0.4, -0.2) is 43.8 Å². The molecule has 5 atom stereocenters. The Labute approximate surface area is 165 Å². The minimum Gasteiger partial charge on any atom is -0.460 e. The minimum absolute atomic E-state index is 0.00696. The summed E-state index contributed by atoms with van der Waals surface area (Å²) in [5.74, 6) is -1.12. The minimum atomic E-state index is -0.880. The van der Waals surface area contributed by atoms with Gasteiger partial charge in [-0.15, -0.1) is 6.58 Å². The molecule has 0 saturated carbocycles. The molecule has 5 heteroatoms. The Morgan fingerprint density at radius 1 is 0.963 bits per heavy atom. The molecule has 0 N–H and O–H groups in total. The van der Waals surface area contributed by atoms with Crippen molar-refractivity contribution in [2.75, 3.05) is 14.2 Å². The third-order valence-electron chi connectivity index (χ3n) is 5.11. The first kappa shape index (κ1) is 25.8. The first-order chi connectivity index (χ1) is 12.2. The molecule has 0 aromatic carbocycles. The highest BCUT2D eigenvalue weighted by molar-refractivity contribution is 5.88. The van der Waals surface area contributed by atoms with Crippen LogP contribution < -0.4 is 0 Å². The van der Waals surface area contributed by atoms with Crippen molar-refractivity contribution < 1.29 is 23.8 Å². The van der Waals surface area contributed by atoms with Crippen molar-refractivity contribution >= 4 is 11.8 Å². The SMILES string of the molecule is C=CC[C@H](C)[C@H](OC)[C@@H](C)C(=O)C(C)(C)[C@@H](OC)[C@H](C)C(=O)OC(C)(C)C. The number of ether oxygens (including phenoxy) is 3.